The normalized spacial score (nSPS) is 16.1. The molecule has 0 fully saturated rings. The number of nitrogens with one attached hydrogen (secondary N) is 2. The van der Waals surface area contributed by atoms with Gasteiger partial charge in [0.05, 0.1) is 30.3 Å². The van der Waals surface area contributed by atoms with Crippen molar-refractivity contribution in [3.63, 3.8) is 0 Å². The number of halogens is 1. The summed E-state index contributed by atoms with van der Waals surface area (Å²) in [4.78, 5) is 22.4. The summed E-state index contributed by atoms with van der Waals surface area (Å²) in [5.41, 5.74) is 4.26. The minimum Gasteiger partial charge on any atom is -0.394 e. The number of aliphatic hydroxyl groups excluding tert-OH is 1. The summed E-state index contributed by atoms with van der Waals surface area (Å²) < 4.78 is 18.4. The van der Waals surface area contributed by atoms with E-state index >= 15 is 0 Å². The third kappa shape index (κ3) is 3.84. The van der Waals surface area contributed by atoms with E-state index in [1.807, 2.05) is 0 Å². The standard InChI is InChI=1S/C16H17FN4O3S/c1-9-2-3-12(11(17)6-9)20-14-10-7-19-25-13(10)8-18-15(14)16(23)21-24-5-4-22/h2-3,6-7,14,20,22H,4-5,8H2,1H3,(H,21,23). The highest BCUT2D eigenvalue weighted by molar-refractivity contribution is 7.05. The molecule has 0 spiro atoms. The number of amides is 1. The molecule has 0 bridgehead atoms. The molecule has 9 heteroatoms. The van der Waals surface area contributed by atoms with Crippen LogP contribution >= 0.6 is 11.5 Å². The van der Waals surface area contributed by atoms with E-state index in [0.29, 0.717) is 6.54 Å². The van der Waals surface area contributed by atoms with Crippen LogP contribution in [0.2, 0.25) is 0 Å². The number of anilines is 1. The lowest BCUT2D eigenvalue weighted by Crippen LogP contribution is -2.39. The minimum absolute atomic E-state index is 0.0328. The second-order valence-electron chi connectivity index (χ2n) is 5.47. The first-order valence-electron chi connectivity index (χ1n) is 7.63. The van der Waals surface area contributed by atoms with Gasteiger partial charge in [0.25, 0.3) is 5.91 Å². The predicted octanol–water partition coefficient (Wildman–Crippen LogP) is 1.74. The van der Waals surface area contributed by atoms with Gasteiger partial charge in [-0.2, -0.15) is 0 Å². The van der Waals surface area contributed by atoms with Crippen LogP contribution in [-0.2, 0) is 16.2 Å². The first kappa shape index (κ1) is 17.5. The zero-order valence-corrected chi connectivity index (χ0v) is 14.3. The maximum absolute atomic E-state index is 14.2. The quantitative estimate of drug-likeness (QED) is 0.536. The Morgan fingerprint density at radius 2 is 2.36 bits per heavy atom. The van der Waals surface area contributed by atoms with Gasteiger partial charge in [0, 0.05) is 11.8 Å². The average Bonchev–Trinajstić information content (AvgIpc) is 3.06. The highest BCUT2D eigenvalue weighted by atomic mass is 32.1. The van der Waals surface area contributed by atoms with E-state index < -0.39 is 17.8 Å². The summed E-state index contributed by atoms with van der Waals surface area (Å²) in [5.74, 6) is -0.957. The molecule has 2 heterocycles. The third-order valence-electron chi connectivity index (χ3n) is 3.67. The molecule has 1 aliphatic heterocycles. The lowest BCUT2D eigenvalue weighted by atomic mass is 9.99. The number of aromatic nitrogens is 1. The maximum Gasteiger partial charge on any atom is 0.291 e. The Morgan fingerprint density at radius 1 is 1.52 bits per heavy atom. The molecular formula is C16H17FN4O3S. The molecule has 1 aromatic carbocycles. The topological polar surface area (TPSA) is 95.8 Å². The second kappa shape index (κ2) is 7.68. The van der Waals surface area contributed by atoms with Gasteiger partial charge in [-0.3, -0.25) is 14.6 Å². The first-order chi connectivity index (χ1) is 12.1. The summed E-state index contributed by atoms with van der Waals surface area (Å²) in [6.07, 6.45) is 1.65. The van der Waals surface area contributed by atoms with Gasteiger partial charge >= 0.3 is 0 Å². The van der Waals surface area contributed by atoms with Crippen molar-refractivity contribution in [2.75, 3.05) is 18.5 Å². The molecule has 0 aliphatic carbocycles. The lowest BCUT2D eigenvalue weighted by molar-refractivity contribution is -0.127. The Kier molecular flexibility index (Phi) is 5.37. The number of hydrogen-bond donors (Lipinski definition) is 3. The van der Waals surface area contributed by atoms with Gasteiger partial charge in [-0.25, -0.2) is 14.2 Å². The van der Waals surface area contributed by atoms with Crippen molar-refractivity contribution in [1.29, 1.82) is 0 Å². The van der Waals surface area contributed by atoms with Crippen molar-refractivity contribution in [2.24, 2.45) is 4.99 Å². The summed E-state index contributed by atoms with van der Waals surface area (Å²) in [5, 5.41) is 11.8. The van der Waals surface area contributed by atoms with Gasteiger partial charge in [-0.15, -0.1) is 0 Å². The van der Waals surface area contributed by atoms with E-state index in [0.717, 1.165) is 16.0 Å². The van der Waals surface area contributed by atoms with E-state index in [-0.39, 0.29) is 24.6 Å². The van der Waals surface area contributed by atoms with Crippen LogP contribution < -0.4 is 10.8 Å². The van der Waals surface area contributed by atoms with Crippen LogP contribution in [-0.4, -0.2) is 34.3 Å². The molecule has 0 saturated carbocycles. The van der Waals surface area contributed by atoms with Crippen LogP contribution in [0.3, 0.4) is 0 Å². The van der Waals surface area contributed by atoms with Gasteiger partial charge in [0.1, 0.15) is 17.6 Å². The molecule has 3 N–H and O–H groups in total. The van der Waals surface area contributed by atoms with Gasteiger partial charge in [-0.05, 0) is 36.2 Å². The van der Waals surface area contributed by atoms with E-state index in [4.69, 9.17) is 9.94 Å². The second-order valence-corrected chi connectivity index (χ2v) is 6.36. The number of aliphatic hydroxyl groups is 1. The molecule has 3 rings (SSSR count). The largest absolute Gasteiger partial charge is 0.394 e. The van der Waals surface area contributed by atoms with Crippen molar-refractivity contribution < 1.29 is 19.1 Å². The van der Waals surface area contributed by atoms with Crippen molar-refractivity contribution in [3.05, 3.63) is 46.2 Å². The van der Waals surface area contributed by atoms with Crippen molar-refractivity contribution >= 4 is 28.8 Å². The molecule has 132 valence electrons. The third-order valence-corrected chi connectivity index (χ3v) is 4.47. The fourth-order valence-electron chi connectivity index (χ4n) is 2.48. The predicted molar refractivity (Wildman–Crippen MR) is 91.9 cm³/mol. The van der Waals surface area contributed by atoms with Gasteiger partial charge in [0.15, 0.2) is 0 Å². The van der Waals surface area contributed by atoms with Crippen LogP contribution in [0.4, 0.5) is 10.1 Å². The number of carbonyl (C=O) groups excluding carboxylic acids is 1. The Hall–Kier alpha value is -2.36. The SMILES string of the molecule is Cc1ccc(NC2C(C(=O)NOCCO)=NCc3sncc32)c(F)c1. The van der Waals surface area contributed by atoms with E-state index in [9.17, 15) is 9.18 Å². The number of nitrogens with zero attached hydrogens (tertiary/aromatic N) is 2. The maximum atomic E-state index is 14.2. The van der Waals surface area contributed by atoms with E-state index in [2.05, 4.69) is 20.2 Å². The molecule has 1 atom stereocenters. The number of hydroxylamine groups is 1. The van der Waals surface area contributed by atoms with Crippen LogP contribution in [0.15, 0.2) is 29.4 Å². The Bertz CT molecular complexity index is 808. The monoisotopic (exact) mass is 364 g/mol. The number of fused-ring (bicyclic) bond motifs is 1. The summed E-state index contributed by atoms with van der Waals surface area (Å²) in [7, 11) is 0. The Morgan fingerprint density at radius 3 is 3.12 bits per heavy atom. The molecule has 2 aromatic rings. The number of aryl methyl sites for hydroxylation is 1. The number of aliphatic imine (C=N–C) groups is 1. The fraction of sp³-hybridized carbons (Fsp3) is 0.312. The van der Waals surface area contributed by atoms with Crippen molar-refractivity contribution in [1.82, 2.24) is 9.85 Å². The van der Waals surface area contributed by atoms with Gasteiger partial charge in [-0.1, -0.05) is 6.07 Å². The molecule has 1 amide bonds. The van der Waals surface area contributed by atoms with Crippen molar-refractivity contribution in [3.8, 4) is 0 Å². The molecule has 0 saturated heterocycles. The summed E-state index contributed by atoms with van der Waals surface area (Å²) in [6.45, 7) is 1.88. The molecular weight excluding hydrogens is 347 g/mol. The molecule has 1 unspecified atom stereocenters. The summed E-state index contributed by atoms with van der Waals surface area (Å²) in [6, 6.07) is 4.18. The molecule has 0 radical (unpaired) electrons. The molecule has 7 nitrogen and oxygen atoms in total. The molecule has 1 aliphatic rings. The van der Waals surface area contributed by atoms with Crippen molar-refractivity contribution in [2.45, 2.75) is 19.5 Å². The number of benzene rings is 1. The zero-order chi connectivity index (χ0) is 17.8. The first-order valence-corrected chi connectivity index (χ1v) is 8.41. The fourth-order valence-corrected chi connectivity index (χ4v) is 3.17. The van der Waals surface area contributed by atoms with Crippen LogP contribution in [0, 0.1) is 12.7 Å². The lowest BCUT2D eigenvalue weighted by Gasteiger charge is -2.24. The summed E-state index contributed by atoms with van der Waals surface area (Å²) >= 11 is 1.29. The molecule has 25 heavy (non-hydrogen) atoms. The Balaban J connectivity index is 1.86. The van der Waals surface area contributed by atoms with Gasteiger partial charge < -0.3 is 10.4 Å². The number of rotatable bonds is 6. The van der Waals surface area contributed by atoms with Crippen LogP contribution in [0.1, 0.15) is 22.0 Å². The number of carbonyl (C=O) groups is 1. The highest BCUT2D eigenvalue weighted by Crippen LogP contribution is 2.31. The average molecular weight is 364 g/mol. The van der Waals surface area contributed by atoms with E-state index in [1.165, 1.54) is 17.6 Å². The van der Waals surface area contributed by atoms with Crippen LogP contribution in [0.5, 0.6) is 0 Å². The smallest absolute Gasteiger partial charge is 0.291 e. The van der Waals surface area contributed by atoms with Gasteiger partial charge in [0.2, 0.25) is 0 Å². The minimum atomic E-state index is -0.641. The molecule has 1 aromatic heterocycles. The van der Waals surface area contributed by atoms with Crippen LogP contribution in [0.25, 0.3) is 0 Å². The Labute approximate surface area is 147 Å². The highest BCUT2D eigenvalue weighted by Gasteiger charge is 2.31. The zero-order valence-electron chi connectivity index (χ0n) is 13.5. The number of hydrogen-bond acceptors (Lipinski definition) is 7. The van der Waals surface area contributed by atoms with E-state index in [1.54, 1.807) is 25.3 Å².